The summed E-state index contributed by atoms with van der Waals surface area (Å²) in [4.78, 5) is 11.3. The number of hydrogen-bond donors (Lipinski definition) is 1. The minimum absolute atomic E-state index is 0.689. The molecule has 1 aliphatic rings. The van der Waals surface area contributed by atoms with E-state index in [0.717, 1.165) is 49.1 Å². The van der Waals surface area contributed by atoms with Gasteiger partial charge in [0.05, 0.1) is 43.5 Å². The third kappa shape index (κ3) is 2.92. The van der Waals surface area contributed by atoms with Crippen molar-refractivity contribution in [2.75, 3.05) is 36.5 Å². The zero-order chi connectivity index (χ0) is 16.4. The third-order valence-corrected chi connectivity index (χ3v) is 4.38. The van der Waals surface area contributed by atoms with Crippen molar-refractivity contribution in [3.05, 3.63) is 54.1 Å². The fourth-order valence-corrected chi connectivity index (χ4v) is 3.01. The second-order valence-electron chi connectivity index (χ2n) is 5.99. The number of aryl methyl sites for hydroxylation is 1. The Kier molecular flexibility index (Phi) is 4.04. The molecule has 3 aromatic rings. The van der Waals surface area contributed by atoms with Crippen LogP contribution in [0, 0.1) is 6.92 Å². The van der Waals surface area contributed by atoms with Crippen molar-refractivity contribution in [2.45, 2.75) is 13.5 Å². The van der Waals surface area contributed by atoms with Crippen LogP contribution in [0.2, 0.25) is 0 Å². The van der Waals surface area contributed by atoms with E-state index in [4.69, 9.17) is 4.74 Å². The molecule has 0 aliphatic carbocycles. The first-order valence-electron chi connectivity index (χ1n) is 8.25. The second kappa shape index (κ2) is 6.49. The fraction of sp³-hybridized carbons (Fsp3) is 0.333. The highest BCUT2D eigenvalue weighted by Gasteiger charge is 2.11. The fourth-order valence-electron chi connectivity index (χ4n) is 3.01. The number of pyridine rings is 2. The maximum atomic E-state index is 5.39. The van der Waals surface area contributed by atoms with E-state index in [0.29, 0.717) is 6.54 Å². The molecule has 1 N–H and O–H groups in total. The van der Waals surface area contributed by atoms with Crippen molar-refractivity contribution < 1.29 is 4.74 Å². The maximum absolute atomic E-state index is 5.39. The van der Waals surface area contributed by atoms with Gasteiger partial charge in [0.2, 0.25) is 0 Å². The van der Waals surface area contributed by atoms with Gasteiger partial charge < -0.3 is 19.4 Å². The van der Waals surface area contributed by atoms with Gasteiger partial charge in [0, 0.05) is 19.3 Å². The molecule has 4 heterocycles. The average molecular weight is 323 g/mol. The first-order chi connectivity index (χ1) is 11.8. The van der Waals surface area contributed by atoms with Gasteiger partial charge in [-0.2, -0.15) is 0 Å². The van der Waals surface area contributed by atoms with Gasteiger partial charge in [-0.15, -0.1) is 0 Å². The number of nitrogens with one attached hydrogen (secondary N) is 1. The minimum atomic E-state index is 0.689. The van der Waals surface area contributed by atoms with Crippen LogP contribution in [0.15, 0.2) is 42.9 Å². The van der Waals surface area contributed by atoms with Gasteiger partial charge >= 0.3 is 0 Å². The lowest BCUT2D eigenvalue weighted by Gasteiger charge is -2.28. The Morgan fingerprint density at radius 1 is 1.12 bits per heavy atom. The van der Waals surface area contributed by atoms with Gasteiger partial charge in [0.25, 0.3) is 0 Å². The van der Waals surface area contributed by atoms with E-state index in [9.17, 15) is 0 Å². The average Bonchev–Trinajstić information content (AvgIpc) is 3.06. The molecular weight excluding hydrogens is 302 g/mol. The van der Waals surface area contributed by atoms with Crippen LogP contribution >= 0.6 is 0 Å². The topological polar surface area (TPSA) is 54.7 Å². The molecule has 1 saturated heterocycles. The van der Waals surface area contributed by atoms with E-state index < -0.39 is 0 Å². The SMILES string of the molecule is Cc1cccn2c(CNc3ccc(N4CCOCC4)cn3)cnc12. The maximum Gasteiger partial charge on any atom is 0.139 e. The number of anilines is 2. The molecule has 6 nitrogen and oxygen atoms in total. The highest BCUT2D eigenvalue weighted by molar-refractivity contribution is 5.51. The van der Waals surface area contributed by atoms with Crippen molar-refractivity contribution in [3.63, 3.8) is 0 Å². The van der Waals surface area contributed by atoms with Crippen molar-refractivity contribution in [2.24, 2.45) is 0 Å². The molecule has 0 bridgehead atoms. The summed E-state index contributed by atoms with van der Waals surface area (Å²) in [7, 11) is 0. The van der Waals surface area contributed by atoms with E-state index in [1.165, 1.54) is 5.56 Å². The zero-order valence-corrected chi connectivity index (χ0v) is 13.8. The smallest absolute Gasteiger partial charge is 0.139 e. The van der Waals surface area contributed by atoms with Gasteiger partial charge in [0.15, 0.2) is 0 Å². The van der Waals surface area contributed by atoms with E-state index in [2.05, 4.69) is 43.6 Å². The molecule has 124 valence electrons. The minimum Gasteiger partial charge on any atom is -0.378 e. The molecule has 0 aromatic carbocycles. The van der Waals surface area contributed by atoms with Crippen LogP contribution in [0.25, 0.3) is 5.65 Å². The number of rotatable bonds is 4. The van der Waals surface area contributed by atoms with E-state index in [1.807, 2.05) is 30.7 Å². The van der Waals surface area contributed by atoms with Gasteiger partial charge in [0.1, 0.15) is 11.5 Å². The summed E-state index contributed by atoms with van der Waals surface area (Å²) in [6, 6.07) is 8.26. The van der Waals surface area contributed by atoms with Crippen molar-refractivity contribution in [1.29, 1.82) is 0 Å². The highest BCUT2D eigenvalue weighted by Crippen LogP contribution is 2.17. The molecular formula is C18H21N5O. The van der Waals surface area contributed by atoms with Crippen LogP contribution in [0.5, 0.6) is 0 Å². The molecule has 4 rings (SSSR count). The molecule has 1 aliphatic heterocycles. The number of morpholine rings is 1. The molecule has 0 amide bonds. The number of nitrogens with zero attached hydrogens (tertiary/aromatic N) is 4. The molecule has 0 saturated carbocycles. The summed E-state index contributed by atoms with van der Waals surface area (Å²) >= 11 is 0. The van der Waals surface area contributed by atoms with E-state index in [1.54, 1.807) is 0 Å². The van der Waals surface area contributed by atoms with Gasteiger partial charge in [-0.05, 0) is 30.7 Å². The Balaban J connectivity index is 1.44. The van der Waals surface area contributed by atoms with Crippen LogP contribution in [-0.2, 0) is 11.3 Å². The first kappa shape index (κ1) is 15.0. The number of ether oxygens (including phenoxy) is 1. The summed E-state index contributed by atoms with van der Waals surface area (Å²) in [6.45, 7) is 6.19. The predicted molar refractivity (Wildman–Crippen MR) is 94.5 cm³/mol. The molecule has 6 heteroatoms. The molecule has 0 atom stereocenters. The Labute approximate surface area is 141 Å². The summed E-state index contributed by atoms with van der Waals surface area (Å²) in [5.41, 5.74) is 4.45. The van der Waals surface area contributed by atoms with Crippen LogP contribution < -0.4 is 10.2 Å². The number of fused-ring (bicyclic) bond motifs is 1. The Morgan fingerprint density at radius 3 is 2.79 bits per heavy atom. The molecule has 0 radical (unpaired) electrons. The molecule has 0 spiro atoms. The summed E-state index contributed by atoms with van der Waals surface area (Å²) in [5.74, 6) is 0.870. The highest BCUT2D eigenvalue weighted by atomic mass is 16.5. The van der Waals surface area contributed by atoms with Crippen molar-refractivity contribution >= 4 is 17.2 Å². The largest absolute Gasteiger partial charge is 0.378 e. The summed E-state index contributed by atoms with van der Waals surface area (Å²) in [6.07, 6.45) is 5.88. The standard InChI is InChI=1S/C18H21N5O/c1-14-3-2-6-23-16(13-21-18(14)23)12-20-17-5-4-15(11-19-17)22-7-9-24-10-8-22/h2-6,11,13H,7-10,12H2,1H3,(H,19,20). The van der Waals surface area contributed by atoms with E-state index >= 15 is 0 Å². The van der Waals surface area contributed by atoms with Crippen LogP contribution in [0.3, 0.4) is 0 Å². The lowest BCUT2D eigenvalue weighted by molar-refractivity contribution is 0.122. The van der Waals surface area contributed by atoms with Crippen molar-refractivity contribution in [1.82, 2.24) is 14.4 Å². The van der Waals surface area contributed by atoms with Crippen LogP contribution in [0.1, 0.15) is 11.3 Å². The molecule has 24 heavy (non-hydrogen) atoms. The summed E-state index contributed by atoms with van der Waals surface area (Å²) < 4.78 is 7.50. The lowest BCUT2D eigenvalue weighted by atomic mass is 10.3. The monoisotopic (exact) mass is 323 g/mol. The molecule has 3 aromatic heterocycles. The van der Waals surface area contributed by atoms with Gasteiger partial charge in [-0.3, -0.25) is 0 Å². The molecule has 0 unspecified atom stereocenters. The van der Waals surface area contributed by atoms with Gasteiger partial charge in [-0.25, -0.2) is 9.97 Å². The third-order valence-electron chi connectivity index (χ3n) is 4.38. The quantitative estimate of drug-likeness (QED) is 0.799. The van der Waals surface area contributed by atoms with Gasteiger partial charge in [-0.1, -0.05) is 6.07 Å². The first-order valence-corrected chi connectivity index (χ1v) is 8.25. The van der Waals surface area contributed by atoms with Crippen LogP contribution in [0.4, 0.5) is 11.5 Å². The normalized spacial score (nSPS) is 15.0. The predicted octanol–water partition coefficient (Wildman–Crippen LogP) is 2.49. The second-order valence-corrected chi connectivity index (χ2v) is 5.99. The van der Waals surface area contributed by atoms with Crippen LogP contribution in [-0.4, -0.2) is 40.7 Å². The Hall–Kier alpha value is -2.60. The zero-order valence-electron chi connectivity index (χ0n) is 13.8. The lowest BCUT2D eigenvalue weighted by Crippen LogP contribution is -2.36. The molecule has 1 fully saturated rings. The summed E-state index contributed by atoms with van der Waals surface area (Å²) in [5, 5.41) is 3.37. The Morgan fingerprint density at radius 2 is 2.00 bits per heavy atom. The number of hydrogen-bond acceptors (Lipinski definition) is 5. The van der Waals surface area contributed by atoms with Crippen molar-refractivity contribution in [3.8, 4) is 0 Å². The number of imidazole rings is 1. The Bertz CT molecular complexity index is 821. The van der Waals surface area contributed by atoms with E-state index in [-0.39, 0.29) is 0 Å². The number of aromatic nitrogens is 3.